The van der Waals surface area contributed by atoms with Gasteiger partial charge in [-0.15, -0.1) is 10.2 Å². The Balaban J connectivity index is 1.56. The van der Waals surface area contributed by atoms with Crippen LogP contribution in [-0.2, 0) is 0 Å². The minimum atomic E-state index is -0.147. The average molecular weight is 386 g/mol. The SMILES string of the molecule is CCOc1ccc(-n2nc3ccc(NC(=O)c4ccc(C)c(C)c4)cc3n2)cc1. The fourth-order valence-corrected chi connectivity index (χ4v) is 3.04. The lowest BCUT2D eigenvalue weighted by atomic mass is 10.1. The van der Waals surface area contributed by atoms with E-state index in [1.807, 2.05) is 81.4 Å². The van der Waals surface area contributed by atoms with E-state index in [4.69, 9.17) is 4.74 Å². The summed E-state index contributed by atoms with van der Waals surface area (Å²) in [5, 5.41) is 12.0. The third-order valence-electron chi connectivity index (χ3n) is 4.79. The van der Waals surface area contributed by atoms with Crippen molar-refractivity contribution in [3.05, 3.63) is 77.4 Å². The summed E-state index contributed by atoms with van der Waals surface area (Å²) < 4.78 is 5.47. The number of hydrogen-bond donors (Lipinski definition) is 1. The molecule has 29 heavy (non-hydrogen) atoms. The Hall–Kier alpha value is -3.67. The highest BCUT2D eigenvalue weighted by Crippen LogP contribution is 2.20. The number of nitrogens with one attached hydrogen (secondary N) is 1. The Morgan fingerprint density at radius 1 is 0.931 bits per heavy atom. The van der Waals surface area contributed by atoms with Crippen LogP contribution in [0.15, 0.2) is 60.7 Å². The van der Waals surface area contributed by atoms with E-state index in [9.17, 15) is 4.79 Å². The molecule has 0 spiro atoms. The van der Waals surface area contributed by atoms with E-state index < -0.39 is 0 Å². The van der Waals surface area contributed by atoms with Crippen molar-refractivity contribution in [1.29, 1.82) is 0 Å². The van der Waals surface area contributed by atoms with E-state index in [0.717, 1.165) is 28.1 Å². The number of amides is 1. The van der Waals surface area contributed by atoms with Crippen LogP contribution < -0.4 is 10.1 Å². The molecule has 0 saturated carbocycles. The van der Waals surface area contributed by atoms with Crippen LogP contribution in [-0.4, -0.2) is 27.5 Å². The first-order valence-electron chi connectivity index (χ1n) is 9.52. The minimum Gasteiger partial charge on any atom is -0.494 e. The van der Waals surface area contributed by atoms with Gasteiger partial charge in [0.2, 0.25) is 0 Å². The monoisotopic (exact) mass is 386 g/mol. The summed E-state index contributed by atoms with van der Waals surface area (Å²) in [5.41, 5.74) is 5.86. The Labute approximate surface area is 169 Å². The highest BCUT2D eigenvalue weighted by atomic mass is 16.5. The van der Waals surface area contributed by atoms with Gasteiger partial charge in [-0.25, -0.2) is 0 Å². The summed E-state index contributed by atoms with van der Waals surface area (Å²) in [5.74, 6) is 0.663. The number of carbonyl (C=O) groups excluding carboxylic acids is 1. The first-order chi connectivity index (χ1) is 14.0. The highest BCUT2D eigenvalue weighted by Gasteiger charge is 2.10. The number of aryl methyl sites for hydroxylation is 2. The van der Waals surface area contributed by atoms with Gasteiger partial charge < -0.3 is 10.1 Å². The lowest BCUT2D eigenvalue weighted by Gasteiger charge is -2.07. The Morgan fingerprint density at radius 3 is 2.41 bits per heavy atom. The van der Waals surface area contributed by atoms with Crippen LogP contribution in [0.25, 0.3) is 16.7 Å². The van der Waals surface area contributed by atoms with Crippen LogP contribution >= 0.6 is 0 Å². The summed E-state index contributed by atoms with van der Waals surface area (Å²) in [6.07, 6.45) is 0. The fraction of sp³-hybridized carbons (Fsp3) is 0.174. The van der Waals surface area contributed by atoms with Gasteiger partial charge in [0.1, 0.15) is 16.8 Å². The van der Waals surface area contributed by atoms with Crippen molar-refractivity contribution in [2.75, 3.05) is 11.9 Å². The van der Waals surface area contributed by atoms with E-state index in [0.29, 0.717) is 23.4 Å². The summed E-state index contributed by atoms with van der Waals surface area (Å²) >= 11 is 0. The van der Waals surface area contributed by atoms with Crippen molar-refractivity contribution in [1.82, 2.24) is 15.0 Å². The zero-order valence-electron chi connectivity index (χ0n) is 16.6. The maximum absolute atomic E-state index is 12.6. The average Bonchev–Trinajstić information content (AvgIpc) is 3.14. The third-order valence-corrected chi connectivity index (χ3v) is 4.79. The molecule has 1 heterocycles. The van der Waals surface area contributed by atoms with E-state index in [1.165, 1.54) is 0 Å². The number of hydrogen-bond acceptors (Lipinski definition) is 4. The Bertz CT molecular complexity index is 1180. The normalized spacial score (nSPS) is 10.9. The van der Waals surface area contributed by atoms with Gasteiger partial charge in [0.25, 0.3) is 5.91 Å². The van der Waals surface area contributed by atoms with Crippen LogP contribution in [0.3, 0.4) is 0 Å². The number of ether oxygens (including phenoxy) is 1. The van der Waals surface area contributed by atoms with E-state index in [2.05, 4.69) is 15.5 Å². The first-order valence-corrected chi connectivity index (χ1v) is 9.52. The molecule has 0 saturated heterocycles. The molecule has 6 heteroatoms. The summed E-state index contributed by atoms with van der Waals surface area (Å²) in [4.78, 5) is 14.1. The molecule has 1 amide bonds. The lowest BCUT2D eigenvalue weighted by molar-refractivity contribution is 0.102. The smallest absolute Gasteiger partial charge is 0.255 e. The molecule has 0 radical (unpaired) electrons. The molecule has 0 aliphatic rings. The predicted octanol–water partition coefficient (Wildman–Crippen LogP) is 4.69. The molecular weight excluding hydrogens is 364 g/mol. The predicted molar refractivity (Wildman–Crippen MR) is 114 cm³/mol. The van der Waals surface area contributed by atoms with Crippen molar-refractivity contribution >= 4 is 22.6 Å². The molecule has 3 aromatic carbocycles. The van der Waals surface area contributed by atoms with E-state index in [1.54, 1.807) is 4.80 Å². The molecule has 0 bridgehead atoms. The number of carbonyl (C=O) groups is 1. The zero-order valence-corrected chi connectivity index (χ0v) is 16.6. The van der Waals surface area contributed by atoms with Crippen molar-refractivity contribution in [2.45, 2.75) is 20.8 Å². The molecule has 0 aliphatic carbocycles. The maximum Gasteiger partial charge on any atom is 0.255 e. The molecule has 1 N–H and O–H groups in total. The zero-order chi connectivity index (χ0) is 20.4. The molecule has 0 aliphatic heterocycles. The van der Waals surface area contributed by atoms with Crippen molar-refractivity contribution in [3.63, 3.8) is 0 Å². The molecule has 0 unspecified atom stereocenters. The van der Waals surface area contributed by atoms with Crippen LogP contribution in [0.2, 0.25) is 0 Å². The molecule has 0 atom stereocenters. The summed E-state index contributed by atoms with van der Waals surface area (Å²) in [7, 11) is 0. The Kier molecular flexibility index (Phi) is 4.99. The molecule has 4 rings (SSSR count). The second-order valence-electron chi connectivity index (χ2n) is 6.87. The van der Waals surface area contributed by atoms with Crippen molar-refractivity contribution in [3.8, 4) is 11.4 Å². The number of fused-ring (bicyclic) bond motifs is 1. The number of benzene rings is 3. The van der Waals surface area contributed by atoms with Gasteiger partial charge in [0.05, 0.1) is 12.3 Å². The number of rotatable bonds is 5. The fourth-order valence-electron chi connectivity index (χ4n) is 3.04. The highest BCUT2D eigenvalue weighted by molar-refractivity contribution is 6.05. The van der Waals surface area contributed by atoms with Gasteiger partial charge in [-0.3, -0.25) is 4.79 Å². The van der Waals surface area contributed by atoms with E-state index >= 15 is 0 Å². The first kappa shape index (κ1) is 18.7. The molecular formula is C23H22N4O2. The van der Waals surface area contributed by atoms with Gasteiger partial charge in [0, 0.05) is 11.3 Å². The van der Waals surface area contributed by atoms with Crippen LogP contribution in [0, 0.1) is 13.8 Å². The van der Waals surface area contributed by atoms with Gasteiger partial charge in [0.15, 0.2) is 0 Å². The number of aromatic nitrogens is 3. The van der Waals surface area contributed by atoms with Crippen LogP contribution in [0.4, 0.5) is 5.69 Å². The number of anilines is 1. The topological polar surface area (TPSA) is 69.0 Å². The van der Waals surface area contributed by atoms with Gasteiger partial charge >= 0.3 is 0 Å². The van der Waals surface area contributed by atoms with Crippen molar-refractivity contribution < 1.29 is 9.53 Å². The quantitative estimate of drug-likeness (QED) is 0.540. The van der Waals surface area contributed by atoms with Crippen molar-refractivity contribution in [2.24, 2.45) is 0 Å². The van der Waals surface area contributed by atoms with Crippen LogP contribution in [0.5, 0.6) is 5.75 Å². The lowest BCUT2D eigenvalue weighted by Crippen LogP contribution is -2.12. The molecule has 1 aromatic heterocycles. The second kappa shape index (κ2) is 7.75. The van der Waals surface area contributed by atoms with Gasteiger partial charge in [-0.1, -0.05) is 6.07 Å². The second-order valence-corrected chi connectivity index (χ2v) is 6.87. The van der Waals surface area contributed by atoms with Gasteiger partial charge in [-0.2, -0.15) is 4.80 Å². The van der Waals surface area contributed by atoms with E-state index in [-0.39, 0.29) is 5.91 Å². The molecule has 146 valence electrons. The summed E-state index contributed by atoms with van der Waals surface area (Å²) in [6.45, 7) is 6.60. The maximum atomic E-state index is 12.6. The summed E-state index contributed by atoms with van der Waals surface area (Å²) in [6, 6.07) is 18.8. The van der Waals surface area contributed by atoms with Crippen LogP contribution in [0.1, 0.15) is 28.4 Å². The third kappa shape index (κ3) is 3.96. The molecule has 4 aromatic rings. The standard InChI is InChI=1S/C23H22N4O2/c1-4-29-20-10-8-19(9-11-20)27-25-21-12-7-18(14-22(21)26-27)24-23(28)17-6-5-15(2)16(3)13-17/h5-14H,4H2,1-3H3,(H,24,28). The minimum absolute atomic E-state index is 0.147. The Morgan fingerprint density at radius 2 is 1.69 bits per heavy atom. The van der Waals surface area contributed by atoms with Gasteiger partial charge in [-0.05, 0) is 86.5 Å². The number of nitrogens with zero attached hydrogens (tertiary/aromatic N) is 3. The molecule has 0 fully saturated rings. The molecule has 6 nitrogen and oxygen atoms in total. The largest absolute Gasteiger partial charge is 0.494 e.